The molecule has 1 aliphatic rings. The molecule has 0 radical (unpaired) electrons. The van der Waals surface area contributed by atoms with E-state index in [2.05, 4.69) is 21.2 Å². The molecule has 0 saturated carbocycles. The Balaban J connectivity index is 1.95. The van der Waals surface area contributed by atoms with Gasteiger partial charge >= 0.3 is 0 Å². The third-order valence-corrected chi connectivity index (χ3v) is 4.01. The van der Waals surface area contributed by atoms with Gasteiger partial charge in [-0.2, -0.15) is 0 Å². The highest BCUT2D eigenvalue weighted by Crippen LogP contribution is 2.31. The lowest BCUT2D eigenvalue weighted by Gasteiger charge is -2.30. The van der Waals surface area contributed by atoms with E-state index < -0.39 is 0 Å². The summed E-state index contributed by atoms with van der Waals surface area (Å²) in [5, 5.41) is 3.09. The molecule has 3 nitrogen and oxygen atoms in total. The molecule has 0 aromatic heterocycles. The molecule has 1 aliphatic heterocycles. The SMILES string of the molecule is O=C1CNc2ccccc2N1Cc1ccc(F)cc1Br. The van der Waals surface area contributed by atoms with E-state index in [9.17, 15) is 9.18 Å². The van der Waals surface area contributed by atoms with E-state index >= 15 is 0 Å². The lowest BCUT2D eigenvalue weighted by molar-refractivity contribution is -0.117. The highest BCUT2D eigenvalue weighted by atomic mass is 79.9. The fourth-order valence-electron chi connectivity index (χ4n) is 2.25. The number of hydrogen-bond acceptors (Lipinski definition) is 2. The Kier molecular flexibility index (Phi) is 3.44. The standard InChI is InChI=1S/C15H12BrFN2O/c16-12-7-11(17)6-5-10(12)9-19-14-4-2-1-3-13(14)18-8-15(19)20/h1-7,18H,8-9H2. The maximum absolute atomic E-state index is 13.1. The molecule has 0 unspecified atom stereocenters. The predicted molar refractivity (Wildman–Crippen MR) is 80.2 cm³/mol. The highest BCUT2D eigenvalue weighted by molar-refractivity contribution is 9.10. The van der Waals surface area contributed by atoms with Crippen LogP contribution in [0.3, 0.4) is 0 Å². The Hall–Kier alpha value is -1.88. The largest absolute Gasteiger partial charge is 0.374 e. The van der Waals surface area contributed by atoms with Crippen LogP contribution in [0.5, 0.6) is 0 Å². The second kappa shape index (κ2) is 5.25. The molecule has 2 aromatic rings. The van der Waals surface area contributed by atoms with Gasteiger partial charge in [-0.25, -0.2) is 4.39 Å². The zero-order valence-corrected chi connectivity index (χ0v) is 12.2. The molecular weight excluding hydrogens is 323 g/mol. The molecule has 1 heterocycles. The van der Waals surface area contributed by atoms with Crippen molar-refractivity contribution in [3.05, 3.63) is 58.3 Å². The second-order valence-corrected chi connectivity index (χ2v) is 5.44. The van der Waals surface area contributed by atoms with Crippen LogP contribution >= 0.6 is 15.9 Å². The molecule has 0 spiro atoms. The predicted octanol–water partition coefficient (Wildman–Crippen LogP) is 3.55. The maximum Gasteiger partial charge on any atom is 0.246 e. The van der Waals surface area contributed by atoms with Crippen LogP contribution in [0.4, 0.5) is 15.8 Å². The average molecular weight is 335 g/mol. The van der Waals surface area contributed by atoms with E-state index in [1.165, 1.54) is 12.1 Å². The lowest BCUT2D eigenvalue weighted by Crippen LogP contribution is -2.39. The summed E-state index contributed by atoms with van der Waals surface area (Å²) in [6, 6.07) is 12.2. The van der Waals surface area contributed by atoms with Gasteiger partial charge in [-0.05, 0) is 29.8 Å². The number of para-hydroxylation sites is 2. The Morgan fingerprint density at radius 2 is 2.05 bits per heavy atom. The number of rotatable bonds is 2. The van der Waals surface area contributed by atoms with Gasteiger partial charge < -0.3 is 10.2 Å². The monoisotopic (exact) mass is 334 g/mol. The van der Waals surface area contributed by atoms with Crippen LogP contribution in [-0.2, 0) is 11.3 Å². The van der Waals surface area contributed by atoms with E-state index in [1.807, 2.05) is 24.3 Å². The smallest absolute Gasteiger partial charge is 0.246 e. The number of nitrogens with one attached hydrogen (secondary N) is 1. The third-order valence-electron chi connectivity index (χ3n) is 3.27. The normalized spacial score (nSPS) is 13.9. The first kappa shape index (κ1) is 13.1. The second-order valence-electron chi connectivity index (χ2n) is 4.59. The molecule has 20 heavy (non-hydrogen) atoms. The van der Waals surface area contributed by atoms with Gasteiger partial charge in [0, 0.05) is 4.47 Å². The van der Waals surface area contributed by atoms with Gasteiger partial charge in [0.15, 0.2) is 0 Å². The minimum Gasteiger partial charge on any atom is -0.374 e. The average Bonchev–Trinajstić information content (AvgIpc) is 2.44. The summed E-state index contributed by atoms with van der Waals surface area (Å²) in [6.07, 6.45) is 0. The van der Waals surface area contributed by atoms with E-state index in [-0.39, 0.29) is 18.3 Å². The fraction of sp³-hybridized carbons (Fsp3) is 0.133. The van der Waals surface area contributed by atoms with Gasteiger partial charge in [0.25, 0.3) is 0 Å². The van der Waals surface area contributed by atoms with Crippen LogP contribution in [0, 0.1) is 5.82 Å². The zero-order chi connectivity index (χ0) is 14.1. The molecule has 3 rings (SSSR count). The van der Waals surface area contributed by atoms with Crippen molar-refractivity contribution in [3.8, 4) is 0 Å². The van der Waals surface area contributed by atoms with Gasteiger partial charge in [-0.1, -0.05) is 34.1 Å². The van der Waals surface area contributed by atoms with Gasteiger partial charge in [0.05, 0.1) is 24.5 Å². The summed E-state index contributed by atoms with van der Waals surface area (Å²) < 4.78 is 13.8. The van der Waals surface area contributed by atoms with Crippen LogP contribution in [0.15, 0.2) is 46.9 Å². The summed E-state index contributed by atoms with van der Waals surface area (Å²) in [7, 11) is 0. The number of carbonyl (C=O) groups is 1. The first-order valence-electron chi connectivity index (χ1n) is 6.22. The number of fused-ring (bicyclic) bond motifs is 1. The number of nitrogens with zero attached hydrogens (tertiary/aromatic N) is 1. The van der Waals surface area contributed by atoms with Gasteiger partial charge in [-0.15, -0.1) is 0 Å². The minimum atomic E-state index is -0.298. The van der Waals surface area contributed by atoms with Crippen molar-refractivity contribution in [1.29, 1.82) is 0 Å². The molecule has 5 heteroatoms. The maximum atomic E-state index is 13.1. The number of carbonyl (C=O) groups excluding carboxylic acids is 1. The van der Waals surface area contributed by atoms with Crippen LogP contribution in [-0.4, -0.2) is 12.5 Å². The molecule has 0 atom stereocenters. The Morgan fingerprint density at radius 1 is 1.25 bits per heavy atom. The highest BCUT2D eigenvalue weighted by Gasteiger charge is 2.24. The molecule has 1 N–H and O–H groups in total. The van der Waals surface area contributed by atoms with Crippen LogP contribution in [0.2, 0.25) is 0 Å². The Morgan fingerprint density at radius 3 is 2.85 bits per heavy atom. The van der Waals surface area contributed by atoms with Crippen LogP contribution in [0.1, 0.15) is 5.56 Å². The van der Waals surface area contributed by atoms with Crippen molar-refractivity contribution in [2.75, 3.05) is 16.8 Å². The number of benzene rings is 2. The zero-order valence-electron chi connectivity index (χ0n) is 10.6. The van der Waals surface area contributed by atoms with Gasteiger partial charge in [-0.3, -0.25) is 4.79 Å². The van der Waals surface area contributed by atoms with Crippen molar-refractivity contribution in [1.82, 2.24) is 0 Å². The van der Waals surface area contributed by atoms with E-state index in [1.54, 1.807) is 11.0 Å². The number of anilines is 2. The summed E-state index contributed by atoms with van der Waals surface area (Å²) in [5.41, 5.74) is 2.65. The molecule has 0 bridgehead atoms. The Bertz CT molecular complexity index is 675. The topological polar surface area (TPSA) is 32.3 Å². The molecule has 2 aromatic carbocycles. The number of amides is 1. The van der Waals surface area contributed by atoms with Crippen molar-refractivity contribution < 1.29 is 9.18 Å². The quantitative estimate of drug-likeness (QED) is 0.910. The molecule has 102 valence electrons. The first-order valence-corrected chi connectivity index (χ1v) is 7.01. The molecule has 0 saturated heterocycles. The van der Waals surface area contributed by atoms with Crippen molar-refractivity contribution >= 4 is 33.2 Å². The minimum absolute atomic E-state index is 0.0000694. The summed E-state index contributed by atoms with van der Waals surface area (Å²) in [6.45, 7) is 0.689. The molecule has 1 amide bonds. The lowest BCUT2D eigenvalue weighted by atomic mass is 10.1. The molecule has 0 aliphatic carbocycles. The molecule has 0 fully saturated rings. The van der Waals surface area contributed by atoms with E-state index in [0.717, 1.165) is 16.9 Å². The van der Waals surface area contributed by atoms with Crippen molar-refractivity contribution in [2.45, 2.75) is 6.54 Å². The van der Waals surface area contributed by atoms with Gasteiger partial charge in [0.1, 0.15) is 5.82 Å². The van der Waals surface area contributed by atoms with Crippen LogP contribution in [0.25, 0.3) is 0 Å². The summed E-state index contributed by atoms with van der Waals surface area (Å²) in [4.78, 5) is 13.8. The first-order chi connectivity index (χ1) is 9.65. The number of hydrogen-bond donors (Lipinski definition) is 1. The summed E-state index contributed by atoms with van der Waals surface area (Å²) >= 11 is 3.34. The Labute approximate surface area is 124 Å². The number of halogens is 2. The van der Waals surface area contributed by atoms with Crippen LogP contribution < -0.4 is 10.2 Å². The summed E-state index contributed by atoms with van der Waals surface area (Å²) in [5.74, 6) is -0.299. The van der Waals surface area contributed by atoms with E-state index in [4.69, 9.17) is 0 Å². The van der Waals surface area contributed by atoms with Crippen molar-refractivity contribution in [3.63, 3.8) is 0 Å². The molecular formula is C15H12BrFN2O. The fourth-order valence-corrected chi connectivity index (χ4v) is 2.73. The van der Waals surface area contributed by atoms with Gasteiger partial charge in [0.2, 0.25) is 5.91 Å². The van der Waals surface area contributed by atoms with Crippen molar-refractivity contribution in [2.24, 2.45) is 0 Å². The van der Waals surface area contributed by atoms with E-state index in [0.29, 0.717) is 11.0 Å². The third kappa shape index (κ3) is 2.41.